The molecule has 2 rings (SSSR count). The van der Waals surface area contributed by atoms with Gasteiger partial charge in [0.05, 0.1) is 11.5 Å². The number of rotatable bonds is 4. The van der Waals surface area contributed by atoms with Gasteiger partial charge in [-0.2, -0.15) is 0 Å². The van der Waals surface area contributed by atoms with Gasteiger partial charge in [0.1, 0.15) is 0 Å². The Kier molecular flexibility index (Phi) is 3.33. The number of hydrogen-bond acceptors (Lipinski definition) is 4. The third-order valence-electron chi connectivity index (χ3n) is 3.62. The predicted octanol–water partition coefficient (Wildman–Crippen LogP) is -0.110. The lowest BCUT2D eigenvalue weighted by Gasteiger charge is -2.29. The zero-order valence-corrected chi connectivity index (χ0v) is 9.80. The SMILES string of the molecule is NC(CNC1CCC1)C1CCS(=O)(=O)C1. The molecule has 2 unspecified atom stereocenters. The van der Waals surface area contributed by atoms with Crippen LogP contribution in [0.25, 0.3) is 0 Å². The molecule has 2 aliphatic rings. The number of nitrogens with two attached hydrogens (primary N) is 1. The fraction of sp³-hybridized carbons (Fsp3) is 1.00. The molecule has 0 aromatic carbocycles. The molecule has 3 N–H and O–H groups in total. The lowest BCUT2D eigenvalue weighted by molar-refractivity contribution is 0.315. The first-order valence-corrected chi connectivity index (χ1v) is 7.58. The minimum atomic E-state index is -2.78. The Labute approximate surface area is 91.5 Å². The highest BCUT2D eigenvalue weighted by molar-refractivity contribution is 7.91. The van der Waals surface area contributed by atoms with E-state index >= 15 is 0 Å². The van der Waals surface area contributed by atoms with Gasteiger partial charge >= 0.3 is 0 Å². The standard InChI is InChI=1S/C10H20N2O2S/c11-10(6-12-9-2-1-3-9)8-4-5-15(13,14)7-8/h8-10,12H,1-7,11H2. The van der Waals surface area contributed by atoms with Crippen LogP contribution in [0.5, 0.6) is 0 Å². The largest absolute Gasteiger partial charge is 0.326 e. The highest BCUT2D eigenvalue weighted by Gasteiger charge is 2.32. The van der Waals surface area contributed by atoms with Gasteiger partial charge in [-0.15, -0.1) is 0 Å². The second kappa shape index (κ2) is 4.39. The Morgan fingerprint density at radius 3 is 2.53 bits per heavy atom. The smallest absolute Gasteiger partial charge is 0.150 e. The van der Waals surface area contributed by atoms with Gasteiger partial charge in [-0.1, -0.05) is 6.42 Å². The number of hydrogen-bond donors (Lipinski definition) is 2. The third kappa shape index (κ3) is 2.92. The molecular weight excluding hydrogens is 212 g/mol. The topological polar surface area (TPSA) is 72.2 Å². The molecular formula is C10H20N2O2S. The van der Waals surface area contributed by atoms with Crippen molar-refractivity contribution in [2.75, 3.05) is 18.1 Å². The maximum atomic E-state index is 11.3. The van der Waals surface area contributed by atoms with Crippen molar-refractivity contribution in [3.8, 4) is 0 Å². The Morgan fingerprint density at radius 1 is 1.33 bits per heavy atom. The first kappa shape index (κ1) is 11.4. The molecule has 88 valence electrons. The zero-order valence-electron chi connectivity index (χ0n) is 8.98. The maximum absolute atomic E-state index is 11.3. The van der Waals surface area contributed by atoms with Gasteiger partial charge in [0.25, 0.3) is 0 Å². The molecule has 0 aromatic heterocycles. The Balaban J connectivity index is 1.73. The Hall–Kier alpha value is -0.130. The van der Waals surface area contributed by atoms with Crippen LogP contribution in [-0.2, 0) is 9.84 Å². The molecule has 0 bridgehead atoms. The highest BCUT2D eigenvalue weighted by atomic mass is 32.2. The second-order valence-electron chi connectivity index (χ2n) is 4.86. The molecule has 1 heterocycles. The van der Waals surface area contributed by atoms with Crippen molar-refractivity contribution in [3.63, 3.8) is 0 Å². The molecule has 4 nitrogen and oxygen atoms in total. The third-order valence-corrected chi connectivity index (χ3v) is 5.41. The molecule has 2 atom stereocenters. The molecule has 0 spiro atoms. The van der Waals surface area contributed by atoms with Crippen LogP contribution >= 0.6 is 0 Å². The Bertz CT molecular complexity index is 311. The first-order chi connectivity index (χ1) is 7.07. The highest BCUT2D eigenvalue weighted by Crippen LogP contribution is 2.22. The molecule has 1 saturated heterocycles. The van der Waals surface area contributed by atoms with E-state index in [0.29, 0.717) is 17.5 Å². The van der Waals surface area contributed by atoms with Crippen molar-refractivity contribution >= 4 is 9.84 Å². The maximum Gasteiger partial charge on any atom is 0.150 e. The Morgan fingerprint density at radius 2 is 2.07 bits per heavy atom. The normalized spacial score (nSPS) is 32.5. The van der Waals surface area contributed by atoms with Gasteiger partial charge in [0.2, 0.25) is 0 Å². The first-order valence-electron chi connectivity index (χ1n) is 5.76. The van der Waals surface area contributed by atoms with Gasteiger partial charge in [-0.25, -0.2) is 8.42 Å². The average Bonchev–Trinajstić information content (AvgIpc) is 2.43. The van der Waals surface area contributed by atoms with Crippen LogP contribution in [0.1, 0.15) is 25.7 Å². The van der Waals surface area contributed by atoms with Crippen LogP contribution in [0.2, 0.25) is 0 Å². The van der Waals surface area contributed by atoms with E-state index in [-0.39, 0.29) is 12.0 Å². The fourth-order valence-corrected chi connectivity index (χ4v) is 4.14. The van der Waals surface area contributed by atoms with E-state index in [0.717, 1.165) is 13.0 Å². The summed E-state index contributed by atoms with van der Waals surface area (Å²) in [5.74, 6) is 0.789. The van der Waals surface area contributed by atoms with Crippen molar-refractivity contribution in [3.05, 3.63) is 0 Å². The number of nitrogens with one attached hydrogen (secondary N) is 1. The van der Waals surface area contributed by atoms with Crippen LogP contribution in [-0.4, -0.2) is 38.6 Å². The molecule has 0 radical (unpaired) electrons. The minimum Gasteiger partial charge on any atom is -0.326 e. The van der Waals surface area contributed by atoms with Crippen LogP contribution in [0.15, 0.2) is 0 Å². The van der Waals surface area contributed by atoms with E-state index in [9.17, 15) is 8.42 Å². The van der Waals surface area contributed by atoms with Crippen molar-refractivity contribution < 1.29 is 8.42 Å². The fourth-order valence-electron chi connectivity index (χ4n) is 2.24. The number of sulfone groups is 1. The quantitative estimate of drug-likeness (QED) is 0.709. The summed E-state index contributed by atoms with van der Waals surface area (Å²) >= 11 is 0. The van der Waals surface area contributed by atoms with Gasteiger partial charge in [0.15, 0.2) is 9.84 Å². The summed E-state index contributed by atoms with van der Waals surface area (Å²) in [5.41, 5.74) is 6.00. The van der Waals surface area contributed by atoms with E-state index in [1.165, 1.54) is 19.3 Å². The molecule has 1 aliphatic heterocycles. The average molecular weight is 232 g/mol. The van der Waals surface area contributed by atoms with Crippen molar-refractivity contribution in [1.82, 2.24) is 5.32 Å². The van der Waals surface area contributed by atoms with E-state index in [2.05, 4.69) is 5.32 Å². The summed E-state index contributed by atoms with van der Waals surface area (Å²) in [4.78, 5) is 0. The monoisotopic (exact) mass is 232 g/mol. The molecule has 0 amide bonds. The van der Waals surface area contributed by atoms with Crippen molar-refractivity contribution in [2.45, 2.75) is 37.8 Å². The van der Waals surface area contributed by atoms with Crippen molar-refractivity contribution in [1.29, 1.82) is 0 Å². The van der Waals surface area contributed by atoms with Crippen molar-refractivity contribution in [2.24, 2.45) is 11.7 Å². The van der Waals surface area contributed by atoms with Crippen LogP contribution in [0.4, 0.5) is 0 Å². The molecule has 1 saturated carbocycles. The van der Waals surface area contributed by atoms with E-state index in [4.69, 9.17) is 5.73 Å². The summed E-state index contributed by atoms with van der Waals surface area (Å²) in [6, 6.07) is 0.636. The minimum absolute atomic E-state index is 0.00266. The van der Waals surface area contributed by atoms with Gasteiger partial charge in [-0.3, -0.25) is 0 Å². The molecule has 1 aliphatic carbocycles. The summed E-state index contributed by atoms with van der Waals surface area (Å²) < 4.78 is 22.5. The molecule has 5 heteroatoms. The molecule has 2 fully saturated rings. The van der Waals surface area contributed by atoms with Gasteiger partial charge in [-0.05, 0) is 25.2 Å². The van der Waals surface area contributed by atoms with Crippen LogP contribution in [0.3, 0.4) is 0 Å². The summed E-state index contributed by atoms with van der Waals surface area (Å²) in [6.07, 6.45) is 4.55. The molecule has 15 heavy (non-hydrogen) atoms. The van der Waals surface area contributed by atoms with E-state index in [1.54, 1.807) is 0 Å². The summed E-state index contributed by atoms with van der Waals surface area (Å²) in [5, 5.41) is 3.40. The van der Waals surface area contributed by atoms with Gasteiger partial charge < -0.3 is 11.1 Å². The predicted molar refractivity (Wildman–Crippen MR) is 60.4 cm³/mol. The lowest BCUT2D eigenvalue weighted by Crippen LogP contribution is -2.46. The van der Waals surface area contributed by atoms with Gasteiger partial charge in [0, 0.05) is 18.6 Å². The summed E-state index contributed by atoms with van der Waals surface area (Å²) in [6.45, 7) is 0.769. The second-order valence-corrected chi connectivity index (χ2v) is 7.09. The lowest BCUT2D eigenvalue weighted by atomic mass is 9.92. The summed E-state index contributed by atoms with van der Waals surface area (Å²) in [7, 11) is -2.78. The van der Waals surface area contributed by atoms with Crippen LogP contribution < -0.4 is 11.1 Å². The zero-order chi connectivity index (χ0) is 10.9. The molecule has 0 aromatic rings. The van der Waals surface area contributed by atoms with Crippen LogP contribution in [0, 0.1) is 5.92 Å². The van der Waals surface area contributed by atoms with E-state index < -0.39 is 9.84 Å². The van der Waals surface area contributed by atoms with E-state index in [1.807, 2.05) is 0 Å².